The van der Waals surface area contributed by atoms with E-state index < -0.39 is 45.6 Å². The summed E-state index contributed by atoms with van der Waals surface area (Å²) in [4.78, 5) is 63.8. The van der Waals surface area contributed by atoms with Crippen LogP contribution < -0.4 is 30.1 Å². The van der Waals surface area contributed by atoms with Crippen molar-refractivity contribution in [1.29, 1.82) is 0 Å². The zero-order valence-electron chi connectivity index (χ0n) is 29.3. The lowest BCUT2D eigenvalue weighted by Crippen LogP contribution is -2.54. The van der Waals surface area contributed by atoms with Crippen LogP contribution in [-0.2, 0) is 24.4 Å². The van der Waals surface area contributed by atoms with Gasteiger partial charge in [0.15, 0.2) is 12.2 Å². The topological polar surface area (TPSA) is 215 Å². The lowest BCUT2D eigenvalue weighted by atomic mass is 10.0. The van der Waals surface area contributed by atoms with Crippen LogP contribution in [0.3, 0.4) is 0 Å². The van der Waals surface area contributed by atoms with Gasteiger partial charge in [0.1, 0.15) is 22.4 Å². The Morgan fingerprint density at radius 3 is 2.54 bits per heavy atom. The highest BCUT2D eigenvalue weighted by molar-refractivity contribution is 9.10. The maximum absolute atomic E-state index is 13.4. The number of nitrogens with one attached hydrogen (secondary N) is 4. The van der Waals surface area contributed by atoms with Crippen molar-refractivity contribution in [3.63, 3.8) is 0 Å². The number of fused-ring (bicyclic) bond motifs is 2. The molecule has 0 bridgehead atoms. The van der Waals surface area contributed by atoms with Crippen LogP contribution in [0.15, 0.2) is 62.4 Å². The standard InChI is InChI=1S/C36H37BrN6O10S/c1-20-23-17-25(42-54(49,50)30-16-21(37)10-12-27(30)51-2)29(18-28(23)53-41-20)52-19-32(45)39-15-6-4-3-5-14-38-24-9-7-8-22-33(24)36(48)43(35(22)47)26-11-13-31(44)40-34(26)46/h7-10,12,16-18,26,38,42H,3-6,11,13-15,19H2,1-2H3,(H,39,45)(H,40,44,46). The largest absolute Gasteiger partial charge is 0.495 e. The number of imide groups is 2. The highest BCUT2D eigenvalue weighted by Crippen LogP contribution is 2.36. The molecule has 6 rings (SSSR count). The fraction of sp³-hybridized carbons (Fsp3) is 0.333. The summed E-state index contributed by atoms with van der Waals surface area (Å²) in [5.74, 6) is -2.42. The van der Waals surface area contributed by atoms with Gasteiger partial charge < -0.3 is 24.6 Å². The Labute approximate surface area is 318 Å². The number of aryl methyl sites for hydroxylation is 1. The zero-order valence-corrected chi connectivity index (χ0v) is 31.7. The van der Waals surface area contributed by atoms with Gasteiger partial charge in [-0.1, -0.05) is 40.0 Å². The summed E-state index contributed by atoms with van der Waals surface area (Å²) in [6, 6.07) is 11.5. The monoisotopic (exact) mass is 824 g/mol. The number of carbonyl (C=O) groups excluding carboxylic acids is 5. The van der Waals surface area contributed by atoms with Crippen LogP contribution in [0, 0.1) is 6.92 Å². The molecule has 1 saturated heterocycles. The molecule has 2 aliphatic rings. The minimum absolute atomic E-state index is 0.0466. The lowest BCUT2D eigenvalue weighted by Gasteiger charge is -2.27. The first-order valence-electron chi connectivity index (χ1n) is 17.1. The van der Waals surface area contributed by atoms with Crippen molar-refractivity contribution < 1.29 is 46.4 Å². The number of hydrogen-bond donors (Lipinski definition) is 4. The summed E-state index contributed by atoms with van der Waals surface area (Å²) < 4.78 is 46.3. The number of amides is 5. The quantitative estimate of drug-likeness (QED) is 0.0921. The number of benzene rings is 3. The van der Waals surface area contributed by atoms with E-state index in [2.05, 4.69) is 41.8 Å². The Kier molecular flexibility index (Phi) is 11.5. The molecule has 284 valence electrons. The van der Waals surface area contributed by atoms with Crippen molar-refractivity contribution in [2.24, 2.45) is 0 Å². The highest BCUT2D eigenvalue weighted by Gasteiger charge is 2.45. The van der Waals surface area contributed by atoms with Gasteiger partial charge in [0, 0.05) is 41.1 Å². The number of aromatic nitrogens is 1. The first-order valence-corrected chi connectivity index (χ1v) is 19.4. The van der Waals surface area contributed by atoms with Crippen molar-refractivity contribution in [2.45, 2.75) is 56.4 Å². The number of piperidine rings is 1. The average Bonchev–Trinajstić information content (AvgIpc) is 3.62. The van der Waals surface area contributed by atoms with Gasteiger partial charge in [-0.3, -0.25) is 38.9 Å². The zero-order chi connectivity index (χ0) is 38.6. The Bertz CT molecular complexity index is 2260. The molecule has 1 aromatic heterocycles. The van der Waals surface area contributed by atoms with E-state index in [9.17, 15) is 32.4 Å². The molecular weight excluding hydrogens is 788 g/mol. The maximum Gasteiger partial charge on any atom is 0.265 e. The molecule has 1 unspecified atom stereocenters. The van der Waals surface area contributed by atoms with Gasteiger partial charge in [-0.2, -0.15) is 0 Å². The average molecular weight is 826 g/mol. The molecule has 3 heterocycles. The third-order valence-electron chi connectivity index (χ3n) is 8.98. The number of sulfonamides is 1. The molecular formula is C36H37BrN6O10S. The number of unbranched alkanes of at least 4 members (excludes halogenated alkanes) is 3. The Hall–Kier alpha value is -5.49. The van der Waals surface area contributed by atoms with E-state index in [0.717, 1.165) is 24.2 Å². The van der Waals surface area contributed by atoms with E-state index in [1.165, 1.54) is 31.4 Å². The molecule has 3 aromatic carbocycles. The fourth-order valence-electron chi connectivity index (χ4n) is 6.26. The van der Waals surface area contributed by atoms with Gasteiger partial charge in [-0.25, -0.2) is 8.42 Å². The van der Waals surface area contributed by atoms with Crippen LogP contribution in [0.2, 0.25) is 0 Å². The third-order valence-corrected chi connectivity index (χ3v) is 10.9. The van der Waals surface area contributed by atoms with E-state index in [1.54, 1.807) is 31.2 Å². The summed E-state index contributed by atoms with van der Waals surface area (Å²) >= 11 is 3.30. The number of methoxy groups -OCH3 is 1. The van der Waals surface area contributed by atoms with E-state index in [-0.39, 0.29) is 52.7 Å². The summed E-state index contributed by atoms with van der Waals surface area (Å²) in [6.07, 6.45) is 3.17. The van der Waals surface area contributed by atoms with Crippen molar-refractivity contribution in [1.82, 2.24) is 20.7 Å². The van der Waals surface area contributed by atoms with Crippen molar-refractivity contribution in [2.75, 3.05) is 36.8 Å². The predicted molar refractivity (Wildman–Crippen MR) is 199 cm³/mol. The Morgan fingerprint density at radius 2 is 1.78 bits per heavy atom. The second-order valence-corrected chi connectivity index (χ2v) is 15.2. The highest BCUT2D eigenvalue weighted by atomic mass is 79.9. The number of ether oxygens (including phenoxy) is 2. The molecule has 18 heteroatoms. The molecule has 4 aromatic rings. The normalized spacial score (nSPS) is 15.6. The summed E-state index contributed by atoms with van der Waals surface area (Å²) in [5, 5.41) is 12.7. The van der Waals surface area contributed by atoms with Gasteiger partial charge in [-0.05, 0) is 62.6 Å². The van der Waals surface area contributed by atoms with Crippen molar-refractivity contribution in [3.05, 3.63) is 69.8 Å². The predicted octanol–water partition coefficient (Wildman–Crippen LogP) is 4.28. The van der Waals surface area contributed by atoms with Gasteiger partial charge >= 0.3 is 0 Å². The molecule has 0 spiro atoms. The minimum Gasteiger partial charge on any atom is -0.495 e. The molecule has 1 atom stereocenters. The van der Waals surface area contributed by atoms with Crippen LogP contribution in [0.5, 0.6) is 11.5 Å². The summed E-state index contributed by atoms with van der Waals surface area (Å²) in [6.45, 7) is 2.23. The number of carbonyl (C=O) groups is 5. The Balaban J connectivity index is 0.961. The fourth-order valence-corrected chi connectivity index (χ4v) is 8.03. The Morgan fingerprint density at radius 1 is 1.00 bits per heavy atom. The number of nitrogens with zero attached hydrogens (tertiary/aromatic N) is 2. The molecule has 0 radical (unpaired) electrons. The molecule has 4 N–H and O–H groups in total. The molecule has 1 fully saturated rings. The molecule has 5 amide bonds. The second kappa shape index (κ2) is 16.3. The minimum atomic E-state index is -4.16. The third kappa shape index (κ3) is 8.18. The molecule has 16 nitrogen and oxygen atoms in total. The second-order valence-electron chi connectivity index (χ2n) is 12.7. The smallest absolute Gasteiger partial charge is 0.265 e. The lowest BCUT2D eigenvalue weighted by molar-refractivity contribution is -0.136. The summed E-state index contributed by atoms with van der Waals surface area (Å²) in [5.41, 5.74) is 1.89. The van der Waals surface area contributed by atoms with E-state index in [0.29, 0.717) is 46.3 Å². The maximum atomic E-state index is 13.4. The van der Waals surface area contributed by atoms with Gasteiger partial charge in [0.2, 0.25) is 11.8 Å². The number of anilines is 2. The van der Waals surface area contributed by atoms with Gasteiger partial charge in [0.25, 0.3) is 27.7 Å². The van der Waals surface area contributed by atoms with E-state index >= 15 is 0 Å². The van der Waals surface area contributed by atoms with Crippen LogP contribution in [0.25, 0.3) is 11.0 Å². The SMILES string of the molecule is COc1ccc(Br)cc1S(=O)(=O)Nc1cc2c(C)noc2cc1OCC(=O)NCCCCCCNc1cccc2c1C(=O)N(C1CCC(=O)NC1=O)C2=O. The van der Waals surface area contributed by atoms with Gasteiger partial charge in [0.05, 0.1) is 29.6 Å². The van der Waals surface area contributed by atoms with E-state index in [4.69, 9.17) is 14.0 Å². The van der Waals surface area contributed by atoms with Crippen LogP contribution in [0.1, 0.15) is 64.9 Å². The molecule has 0 saturated carbocycles. The molecule has 0 aliphatic carbocycles. The van der Waals surface area contributed by atoms with Crippen molar-refractivity contribution >= 4 is 77.8 Å². The van der Waals surface area contributed by atoms with Crippen LogP contribution in [-0.4, -0.2) is 80.9 Å². The molecule has 54 heavy (non-hydrogen) atoms. The number of halogens is 1. The number of hydrogen-bond acceptors (Lipinski definition) is 12. The van der Waals surface area contributed by atoms with Gasteiger partial charge in [-0.15, -0.1) is 0 Å². The molecule has 2 aliphatic heterocycles. The first kappa shape index (κ1) is 38.2. The van der Waals surface area contributed by atoms with E-state index in [1.807, 2.05) is 0 Å². The number of rotatable bonds is 16. The first-order chi connectivity index (χ1) is 25.9. The van der Waals surface area contributed by atoms with Crippen LogP contribution >= 0.6 is 15.9 Å². The van der Waals surface area contributed by atoms with Crippen LogP contribution in [0.4, 0.5) is 11.4 Å². The van der Waals surface area contributed by atoms with Crippen molar-refractivity contribution in [3.8, 4) is 11.5 Å². The summed E-state index contributed by atoms with van der Waals surface area (Å²) in [7, 11) is -2.79.